The maximum atomic E-state index is 12.6. The number of benzene rings is 1. The van der Waals surface area contributed by atoms with Crippen LogP contribution in [0.15, 0.2) is 18.2 Å². The molecule has 2 aliphatic rings. The zero-order valence-electron chi connectivity index (χ0n) is 12.0. The van der Waals surface area contributed by atoms with E-state index in [-0.39, 0.29) is 11.9 Å². The average molecular weight is 342 g/mol. The van der Waals surface area contributed by atoms with Crippen LogP contribution in [0, 0.1) is 0 Å². The minimum absolute atomic E-state index is 0.0412. The molecular weight excluding hydrogens is 325 g/mol. The molecule has 2 fully saturated rings. The molecule has 2 saturated heterocycles. The predicted octanol–water partition coefficient (Wildman–Crippen LogP) is 3.27. The molecule has 5 nitrogen and oxygen atoms in total. The van der Waals surface area contributed by atoms with E-state index in [2.05, 4.69) is 10.6 Å². The Labute approximate surface area is 138 Å². The summed E-state index contributed by atoms with van der Waals surface area (Å²) in [5.74, 6) is -0.0412. The summed E-state index contributed by atoms with van der Waals surface area (Å²) in [6.45, 7) is 1.27. The van der Waals surface area contributed by atoms with Gasteiger partial charge in [0.05, 0.1) is 10.0 Å². The van der Waals surface area contributed by atoms with E-state index in [0.717, 1.165) is 12.8 Å². The van der Waals surface area contributed by atoms with E-state index in [1.54, 1.807) is 23.1 Å². The Morgan fingerprint density at radius 3 is 2.73 bits per heavy atom. The number of hydrogen-bond acceptors (Lipinski definition) is 2. The van der Waals surface area contributed by atoms with E-state index in [0.29, 0.717) is 41.7 Å². The Morgan fingerprint density at radius 2 is 2.00 bits per heavy atom. The minimum Gasteiger partial charge on any atom is -0.354 e. The van der Waals surface area contributed by atoms with E-state index in [1.165, 1.54) is 0 Å². The van der Waals surface area contributed by atoms with Gasteiger partial charge in [0.25, 0.3) is 0 Å². The van der Waals surface area contributed by atoms with Gasteiger partial charge in [0.2, 0.25) is 5.91 Å². The van der Waals surface area contributed by atoms with Crippen molar-refractivity contribution in [3.63, 3.8) is 0 Å². The third kappa shape index (κ3) is 2.63. The van der Waals surface area contributed by atoms with Crippen molar-refractivity contribution in [2.24, 2.45) is 0 Å². The molecule has 1 aromatic rings. The molecule has 2 N–H and O–H groups in total. The molecule has 7 heteroatoms. The highest BCUT2D eigenvalue weighted by atomic mass is 35.5. The van der Waals surface area contributed by atoms with Gasteiger partial charge in [0.1, 0.15) is 5.54 Å². The number of piperidine rings is 1. The van der Waals surface area contributed by atoms with Gasteiger partial charge in [-0.05, 0) is 43.9 Å². The molecule has 118 valence electrons. The smallest absolute Gasteiger partial charge is 0.322 e. The number of nitrogens with one attached hydrogen (secondary N) is 2. The van der Waals surface area contributed by atoms with Crippen LogP contribution in [-0.2, 0) is 4.79 Å². The lowest BCUT2D eigenvalue weighted by Gasteiger charge is -2.39. The minimum atomic E-state index is -0.696. The number of likely N-dealkylation sites (tertiary alicyclic amines) is 1. The van der Waals surface area contributed by atoms with Crippen molar-refractivity contribution in [1.82, 2.24) is 10.2 Å². The second-order valence-electron chi connectivity index (χ2n) is 5.71. The molecular formula is C15H17Cl2N3O2. The number of nitrogens with zero attached hydrogens (tertiary/aromatic N) is 1. The van der Waals surface area contributed by atoms with Gasteiger partial charge in [-0.1, -0.05) is 23.2 Å². The van der Waals surface area contributed by atoms with Crippen molar-refractivity contribution in [1.29, 1.82) is 0 Å². The van der Waals surface area contributed by atoms with E-state index in [9.17, 15) is 9.59 Å². The highest BCUT2D eigenvalue weighted by Gasteiger charge is 2.50. The standard InChI is InChI=1S/C15H17Cl2N3O2/c16-11-4-3-10(9-12(11)17)19-14(22)20-8-2-6-15(20)5-1-7-18-13(15)21/h3-4,9H,1-2,5-8H2,(H,18,21)(H,19,22). The Balaban J connectivity index is 1.78. The number of halogens is 2. The summed E-state index contributed by atoms with van der Waals surface area (Å²) >= 11 is 11.8. The van der Waals surface area contributed by atoms with Crippen molar-refractivity contribution in [3.05, 3.63) is 28.2 Å². The fourth-order valence-electron chi connectivity index (χ4n) is 3.30. The van der Waals surface area contributed by atoms with Crippen LogP contribution < -0.4 is 10.6 Å². The molecule has 22 heavy (non-hydrogen) atoms. The number of hydrogen-bond donors (Lipinski definition) is 2. The van der Waals surface area contributed by atoms with Crippen molar-refractivity contribution in [3.8, 4) is 0 Å². The number of carbonyl (C=O) groups excluding carboxylic acids is 2. The molecule has 1 spiro atoms. The largest absolute Gasteiger partial charge is 0.354 e. The molecule has 1 unspecified atom stereocenters. The van der Waals surface area contributed by atoms with Gasteiger partial charge >= 0.3 is 6.03 Å². The lowest BCUT2D eigenvalue weighted by atomic mass is 9.86. The summed E-state index contributed by atoms with van der Waals surface area (Å²) in [5.41, 5.74) is -0.129. The number of anilines is 1. The summed E-state index contributed by atoms with van der Waals surface area (Å²) in [7, 11) is 0. The zero-order chi connectivity index (χ0) is 15.7. The molecule has 0 aromatic heterocycles. The fraction of sp³-hybridized carbons (Fsp3) is 0.467. The predicted molar refractivity (Wildman–Crippen MR) is 86.4 cm³/mol. The lowest BCUT2D eigenvalue weighted by Crippen LogP contribution is -2.60. The first-order valence-corrected chi connectivity index (χ1v) is 8.10. The Kier molecular flexibility index (Phi) is 4.19. The van der Waals surface area contributed by atoms with Crippen LogP contribution in [0.25, 0.3) is 0 Å². The Hall–Kier alpha value is -1.46. The maximum Gasteiger partial charge on any atom is 0.322 e. The molecule has 3 amide bonds. The van der Waals surface area contributed by atoms with Gasteiger partial charge in [-0.3, -0.25) is 4.79 Å². The molecule has 0 bridgehead atoms. The van der Waals surface area contributed by atoms with Crippen LogP contribution in [0.5, 0.6) is 0 Å². The van der Waals surface area contributed by atoms with Gasteiger partial charge in [0, 0.05) is 18.8 Å². The first-order valence-electron chi connectivity index (χ1n) is 7.35. The van der Waals surface area contributed by atoms with Crippen molar-refractivity contribution in [2.45, 2.75) is 31.2 Å². The first kappa shape index (κ1) is 15.4. The highest BCUT2D eigenvalue weighted by Crippen LogP contribution is 2.36. The van der Waals surface area contributed by atoms with E-state index < -0.39 is 5.54 Å². The second kappa shape index (κ2) is 5.97. The summed E-state index contributed by atoms with van der Waals surface area (Å²) in [6.07, 6.45) is 3.16. The molecule has 1 aromatic carbocycles. The molecule has 0 saturated carbocycles. The number of amides is 3. The van der Waals surface area contributed by atoms with Crippen LogP contribution >= 0.6 is 23.2 Å². The molecule has 3 rings (SSSR count). The van der Waals surface area contributed by atoms with Crippen LogP contribution in [0.4, 0.5) is 10.5 Å². The second-order valence-corrected chi connectivity index (χ2v) is 6.52. The van der Waals surface area contributed by atoms with Crippen molar-refractivity contribution >= 4 is 40.8 Å². The summed E-state index contributed by atoms with van der Waals surface area (Å²) in [6, 6.07) is 4.65. The summed E-state index contributed by atoms with van der Waals surface area (Å²) < 4.78 is 0. The fourth-order valence-corrected chi connectivity index (χ4v) is 3.59. The van der Waals surface area contributed by atoms with Gasteiger partial charge in [0.15, 0.2) is 0 Å². The van der Waals surface area contributed by atoms with Gasteiger partial charge < -0.3 is 15.5 Å². The van der Waals surface area contributed by atoms with Crippen LogP contribution in [0.1, 0.15) is 25.7 Å². The Bertz CT molecular complexity index is 623. The SMILES string of the molecule is O=C(Nc1ccc(Cl)c(Cl)c1)N1CCCC12CCCNC2=O. The van der Waals surface area contributed by atoms with Gasteiger partial charge in [-0.25, -0.2) is 4.79 Å². The van der Waals surface area contributed by atoms with Gasteiger partial charge in [-0.15, -0.1) is 0 Å². The van der Waals surface area contributed by atoms with E-state index in [1.807, 2.05) is 0 Å². The summed E-state index contributed by atoms with van der Waals surface area (Å²) in [5, 5.41) is 6.50. The Morgan fingerprint density at radius 1 is 1.23 bits per heavy atom. The lowest BCUT2D eigenvalue weighted by molar-refractivity contribution is -0.132. The topological polar surface area (TPSA) is 61.4 Å². The third-order valence-electron chi connectivity index (χ3n) is 4.38. The highest BCUT2D eigenvalue weighted by molar-refractivity contribution is 6.42. The molecule has 2 heterocycles. The van der Waals surface area contributed by atoms with Crippen molar-refractivity contribution < 1.29 is 9.59 Å². The van der Waals surface area contributed by atoms with Gasteiger partial charge in [-0.2, -0.15) is 0 Å². The monoisotopic (exact) mass is 341 g/mol. The van der Waals surface area contributed by atoms with Crippen LogP contribution in [0.3, 0.4) is 0 Å². The average Bonchev–Trinajstić information content (AvgIpc) is 2.91. The number of carbonyl (C=O) groups is 2. The molecule has 0 radical (unpaired) electrons. The number of urea groups is 1. The van der Waals surface area contributed by atoms with Crippen molar-refractivity contribution in [2.75, 3.05) is 18.4 Å². The normalized spacial score (nSPS) is 24.5. The van der Waals surface area contributed by atoms with E-state index >= 15 is 0 Å². The molecule has 1 atom stereocenters. The van der Waals surface area contributed by atoms with Crippen LogP contribution in [0.2, 0.25) is 10.0 Å². The zero-order valence-corrected chi connectivity index (χ0v) is 13.5. The first-order chi connectivity index (χ1) is 10.5. The quantitative estimate of drug-likeness (QED) is 0.823. The van der Waals surface area contributed by atoms with Crippen LogP contribution in [-0.4, -0.2) is 35.5 Å². The van der Waals surface area contributed by atoms with E-state index in [4.69, 9.17) is 23.2 Å². The maximum absolute atomic E-state index is 12.6. The number of rotatable bonds is 1. The summed E-state index contributed by atoms with van der Waals surface area (Å²) in [4.78, 5) is 26.6. The molecule has 0 aliphatic carbocycles. The molecule has 2 aliphatic heterocycles. The third-order valence-corrected chi connectivity index (χ3v) is 5.12.